The number of hydrogen-bond donors (Lipinski definition) is 1. The highest BCUT2D eigenvalue weighted by atomic mass is 16.1. The summed E-state index contributed by atoms with van der Waals surface area (Å²) in [4.78, 5) is 18.6. The van der Waals surface area contributed by atoms with Gasteiger partial charge >= 0.3 is 0 Å². The summed E-state index contributed by atoms with van der Waals surface area (Å²) in [5, 5.41) is 0. The molecule has 0 aliphatic heterocycles. The standard InChI is InChI=1S/C12H17N3O/c1-7(2)12-14-9-6-13-11(16)5-10(9)15(12)8(3)4/h5-8H,1-4H3,(H,13,16). The second-order valence-electron chi connectivity index (χ2n) is 4.66. The summed E-state index contributed by atoms with van der Waals surface area (Å²) in [7, 11) is 0. The van der Waals surface area contributed by atoms with Crippen molar-refractivity contribution in [3.05, 3.63) is 28.4 Å². The van der Waals surface area contributed by atoms with Crippen molar-refractivity contribution in [3.8, 4) is 0 Å². The first-order chi connectivity index (χ1) is 7.50. The third-order valence-corrected chi connectivity index (χ3v) is 2.66. The van der Waals surface area contributed by atoms with E-state index in [9.17, 15) is 4.79 Å². The molecule has 0 radical (unpaired) electrons. The van der Waals surface area contributed by atoms with Gasteiger partial charge in [-0.15, -0.1) is 0 Å². The molecule has 0 unspecified atom stereocenters. The Hall–Kier alpha value is -1.58. The van der Waals surface area contributed by atoms with Gasteiger partial charge in [-0.25, -0.2) is 4.98 Å². The summed E-state index contributed by atoms with van der Waals surface area (Å²) in [6.45, 7) is 8.44. The Morgan fingerprint density at radius 3 is 2.56 bits per heavy atom. The highest BCUT2D eigenvalue weighted by Gasteiger charge is 2.15. The Bertz CT molecular complexity index is 563. The van der Waals surface area contributed by atoms with Crippen molar-refractivity contribution in [2.45, 2.75) is 39.7 Å². The summed E-state index contributed by atoms with van der Waals surface area (Å²) in [6.07, 6.45) is 1.68. The second kappa shape index (κ2) is 3.77. The number of rotatable bonds is 2. The number of aromatic amines is 1. The lowest BCUT2D eigenvalue weighted by Crippen LogP contribution is -2.09. The zero-order valence-electron chi connectivity index (χ0n) is 10.1. The first-order valence-corrected chi connectivity index (χ1v) is 5.61. The molecule has 0 saturated heterocycles. The van der Waals surface area contributed by atoms with Crippen LogP contribution in [0.1, 0.15) is 45.5 Å². The Labute approximate surface area is 94.3 Å². The number of aromatic nitrogens is 3. The van der Waals surface area contributed by atoms with Crippen LogP contribution in [0.3, 0.4) is 0 Å². The summed E-state index contributed by atoms with van der Waals surface area (Å²) in [5.74, 6) is 1.38. The first kappa shape index (κ1) is 10.9. The van der Waals surface area contributed by atoms with Crippen molar-refractivity contribution < 1.29 is 0 Å². The summed E-state index contributed by atoms with van der Waals surface area (Å²) in [5.41, 5.74) is 1.70. The molecule has 0 spiro atoms. The van der Waals surface area contributed by atoms with Crippen LogP contribution in [0, 0.1) is 0 Å². The van der Waals surface area contributed by atoms with Gasteiger partial charge in [0.2, 0.25) is 5.56 Å². The number of H-pyrrole nitrogens is 1. The SMILES string of the molecule is CC(C)c1nc2c[nH]c(=O)cc2n1C(C)C. The molecule has 0 saturated carbocycles. The molecule has 16 heavy (non-hydrogen) atoms. The van der Waals surface area contributed by atoms with E-state index in [1.54, 1.807) is 12.3 Å². The topological polar surface area (TPSA) is 50.7 Å². The highest BCUT2D eigenvalue weighted by Crippen LogP contribution is 2.24. The van der Waals surface area contributed by atoms with Crippen LogP contribution in [0.4, 0.5) is 0 Å². The minimum Gasteiger partial charge on any atom is -0.327 e. The normalized spacial score (nSPS) is 11.9. The number of nitrogens with zero attached hydrogens (tertiary/aromatic N) is 2. The van der Waals surface area contributed by atoms with Crippen molar-refractivity contribution in [1.29, 1.82) is 0 Å². The fraction of sp³-hybridized carbons (Fsp3) is 0.500. The van der Waals surface area contributed by atoms with E-state index in [1.807, 2.05) is 0 Å². The van der Waals surface area contributed by atoms with E-state index in [1.165, 1.54) is 0 Å². The number of hydrogen-bond acceptors (Lipinski definition) is 2. The zero-order valence-corrected chi connectivity index (χ0v) is 10.1. The van der Waals surface area contributed by atoms with E-state index in [0.717, 1.165) is 16.9 Å². The van der Waals surface area contributed by atoms with Crippen molar-refractivity contribution in [2.24, 2.45) is 0 Å². The molecule has 4 heteroatoms. The van der Waals surface area contributed by atoms with E-state index in [4.69, 9.17) is 0 Å². The molecule has 2 heterocycles. The molecule has 0 bridgehead atoms. The zero-order chi connectivity index (χ0) is 11.9. The molecule has 0 aliphatic rings. The maximum atomic E-state index is 11.3. The molecule has 2 aromatic heterocycles. The summed E-state index contributed by atoms with van der Waals surface area (Å²) >= 11 is 0. The third kappa shape index (κ3) is 1.64. The maximum absolute atomic E-state index is 11.3. The molecule has 0 atom stereocenters. The summed E-state index contributed by atoms with van der Waals surface area (Å²) in [6, 6.07) is 1.93. The fourth-order valence-corrected chi connectivity index (χ4v) is 1.99. The van der Waals surface area contributed by atoms with E-state index in [-0.39, 0.29) is 5.56 Å². The van der Waals surface area contributed by atoms with E-state index in [0.29, 0.717) is 12.0 Å². The molecule has 86 valence electrons. The molecule has 4 nitrogen and oxygen atoms in total. The predicted molar refractivity (Wildman–Crippen MR) is 64.8 cm³/mol. The van der Waals surface area contributed by atoms with Gasteiger partial charge in [0, 0.05) is 24.2 Å². The van der Waals surface area contributed by atoms with Gasteiger partial charge in [-0.3, -0.25) is 4.79 Å². The van der Waals surface area contributed by atoms with Gasteiger partial charge in [-0.1, -0.05) is 13.8 Å². The van der Waals surface area contributed by atoms with Crippen LogP contribution in [-0.2, 0) is 0 Å². The lowest BCUT2D eigenvalue weighted by atomic mass is 10.2. The van der Waals surface area contributed by atoms with Crippen LogP contribution in [0.15, 0.2) is 17.1 Å². The van der Waals surface area contributed by atoms with Gasteiger partial charge in [-0.2, -0.15) is 0 Å². The molecule has 0 aromatic carbocycles. The Kier molecular flexibility index (Phi) is 2.58. The van der Waals surface area contributed by atoms with Crippen molar-refractivity contribution in [3.63, 3.8) is 0 Å². The van der Waals surface area contributed by atoms with Crippen LogP contribution in [0.5, 0.6) is 0 Å². The first-order valence-electron chi connectivity index (χ1n) is 5.61. The molecular formula is C12H17N3O. The van der Waals surface area contributed by atoms with Gasteiger partial charge in [0.15, 0.2) is 0 Å². The van der Waals surface area contributed by atoms with Gasteiger partial charge in [0.25, 0.3) is 0 Å². The average Bonchev–Trinajstić information content (AvgIpc) is 2.55. The van der Waals surface area contributed by atoms with Gasteiger partial charge in [-0.05, 0) is 13.8 Å². The Morgan fingerprint density at radius 2 is 2.00 bits per heavy atom. The summed E-state index contributed by atoms with van der Waals surface area (Å²) < 4.78 is 2.13. The molecule has 0 fully saturated rings. The largest absolute Gasteiger partial charge is 0.327 e. The van der Waals surface area contributed by atoms with Crippen LogP contribution < -0.4 is 5.56 Å². The average molecular weight is 219 g/mol. The Balaban J connectivity index is 2.82. The highest BCUT2D eigenvalue weighted by molar-refractivity contribution is 5.75. The van der Waals surface area contributed by atoms with Crippen LogP contribution >= 0.6 is 0 Å². The van der Waals surface area contributed by atoms with Crippen LogP contribution in [0.25, 0.3) is 11.0 Å². The van der Waals surface area contributed by atoms with Gasteiger partial charge in [0.05, 0.1) is 5.52 Å². The van der Waals surface area contributed by atoms with Crippen LogP contribution in [-0.4, -0.2) is 14.5 Å². The van der Waals surface area contributed by atoms with Crippen molar-refractivity contribution in [2.75, 3.05) is 0 Å². The van der Waals surface area contributed by atoms with Crippen LogP contribution in [0.2, 0.25) is 0 Å². The minimum absolute atomic E-state index is 0.0791. The number of fused-ring (bicyclic) bond motifs is 1. The lowest BCUT2D eigenvalue weighted by Gasteiger charge is -2.14. The maximum Gasteiger partial charge on any atom is 0.250 e. The Morgan fingerprint density at radius 1 is 1.31 bits per heavy atom. The molecule has 0 amide bonds. The number of imidazole rings is 1. The van der Waals surface area contributed by atoms with E-state index < -0.39 is 0 Å². The third-order valence-electron chi connectivity index (χ3n) is 2.66. The van der Waals surface area contributed by atoms with E-state index in [2.05, 4.69) is 42.2 Å². The van der Waals surface area contributed by atoms with Crippen molar-refractivity contribution >= 4 is 11.0 Å². The lowest BCUT2D eigenvalue weighted by molar-refractivity contribution is 0.564. The fourth-order valence-electron chi connectivity index (χ4n) is 1.99. The number of nitrogens with one attached hydrogen (secondary N) is 1. The quantitative estimate of drug-likeness (QED) is 0.843. The second-order valence-corrected chi connectivity index (χ2v) is 4.66. The monoisotopic (exact) mass is 219 g/mol. The molecule has 0 aliphatic carbocycles. The number of pyridine rings is 1. The smallest absolute Gasteiger partial charge is 0.250 e. The minimum atomic E-state index is -0.0791. The van der Waals surface area contributed by atoms with Gasteiger partial charge in [0.1, 0.15) is 11.3 Å². The predicted octanol–water partition coefficient (Wildman–Crippen LogP) is 2.43. The van der Waals surface area contributed by atoms with Gasteiger partial charge < -0.3 is 9.55 Å². The molecular weight excluding hydrogens is 202 g/mol. The van der Waals surface area contributed by atoms with Crippen molar-refractivity contribution in [1.82, 2.24) is 14.5 Å². The molecule has 2 aromatic rings. The molecule has 2 rings (SSSR count). The van der Waals surface area contributed by atoms with E-state index >= 15 is 0 Å². The molecule has 1 N–H and O–H groups in total.